The summed E-state index contributed by atoms with van der Waals surface area (Å²) in [6.45, 7) is 8.42. The molecule has 0 saturated carbocycles. The number of nitrogens with one attached hydrogen (secondary N) is 3. The number of H-pyrrole nitrogens is 1. The first-order chi connectivity index (χ1) is 12.3. The zero-order chi connectivity index (χ0) is 18.7. The summed E-state index contributed by atoms with van der Waals surface area (Å²) in [5.74, 6) is 1.67. The molecular weight excluding hydrogens is 348 g/mol. The fourth-order valence-corrected chi connectivity index (χ4v) is 2.57. The fourth-order valence-electron chi connectivity index (χ4n) is 2.43. The van der Waals surface area contributed by atoms with Gasteiger partial charge in [0.25, 0.3) is 0 Å². The van der Waals surface area contributed by atoms with Gasteiger partial charge in [0.2, 0.25) is 5.95 Å². The van der Waals surface area contributed by atoms with Gasteiger partial charge in [-0.05, 0) is 12.5 Å². The topological polar surface area (TPSA) is 78.5 Å². The van der Waals surface area contributed by atoms with Crippen LogP contribution in [0.5, 0.6) is 0 Å². The molecule has 0 amide bonds. The van der Waals surface area contributed by atoms with Crippen LogP contribution in [0.25, 0.3) is 0 Å². The van der Waals surface area contributed by atoms with Crippen LogP contribution >= 0.6 is 11.6 Å². The van der Waals surface area contributed by atoms with Gasteiger partial charge in [-0.2, -0.15) is 10.1 Å². The highest BCUT2D eigenvalue weighted by Crippen LogP contribution is 2.27. The van der Waals surface area contributed by atoms with Crippen LogP contribution in [0, 0.1) is 0 Å². The van der Waals surface area contributed by atoms with E-state index in [9.17, 15) is 0 Å². The Bertz CT molecular complexity index is 869. The van der Waals surface area contributed by atoms with E-state index >= 15 is 0 Å². The molecule has 1 atom stereocenters. The molecule has 2 aromatic heterocycles. The highest BCUT2D eigenvalue weighted by atomic mass is 35.5. The van der Waals surface area contributed by atoms with E-state index in [2.05, 4.69) is 70.6 Å². The lowest BCUT2D eigenvalue weighted by Crippen LogP contribution is -2.11. The van der Waals surface area contributed by atoms with Crippen LogP contribution in [0.2, 0.25) is 5.02 Å². The summed E-state index contributed by atoms with van der Waals surface area (Å²) in [7, 11) is 0. The zero-order valence-electron chi connectivity index (χ0n) is 15.3. The molecule has 0 radical (unpaired) electrons. The summed E-state index contributed by atoms with van der Waals surface area (Å²) in [5.41, 5.74) is 2.17. The zero-order valence-corrected chi connectivity index (χ0v) is 16.1. The van der Waals surface area contributed by atoms with Gasteiger partial charge < -0.3 is 10.6 Å². The molecule has 26 heavy (non-hydrogen) atoms. The van der Waals surface area contributed by atoms with E-state index in [1.807, 2.05) is 24.3 Å². The maximum Gasteiger partial charge on any atom is 0.225 e. The van der Waals surface area contributed by atoms with Crippen LogP contribution in [0.1, 0.15) is 45.0 Å². The first kappa shape index (κ1) is 18.2. The lowest BCUT2D eigenvalue weighted by molar-refractivity contribution is 0.567. The smallest absolute Gasteiger partial charge is 0.225 e. The molecule has 0 bridgehead atoms. The highest BCUT2D eigenvalue weighted by Gasteiger charge is 2.17. The summed E-state index contributed by atoms with van der Waals surface area (Å²) in [6.07, 6.45) is 1.58. The SMILES string of the molecule is C[C@@H](Nc1ncc(Cl)c(Nc2cc(C(C)(C)C)[nH]n2)n1)c1ccccc1. The molecule has 0 spiro atoms. The van der Waals surface area contributed by atoms with E-state index in [1.54, 1.807) is 6.20 Å². The number of anilines is 3. The summed E-state index contributed by atoms with van der Waals surface area (Å²) < 4.78 is 0. The molecular formula is C19H23ClN6. The van der Waals surface area contributed by atoms with Gasteiger partial charge in [0.15, 0.2) is 11.6 Å². The van der Waals surface area contributed by atoms with Gasteiger partial charge in [-0.25, -0.2) is 4.98 Å². The summed E-state index contributed by atoms with van der Waals surface area (Å²) in [5, 5.41) is 14.2. The minimum atomic E-state index is -0.0137. The van der Waals surface area contributed by atoms with Crippen molar-refractivity contribution in [2.45, 2.75) is 39.2 Å². The largest absolute Gasteiger partial charge is 0.348 e. The molecule has 0 aliphatic rings. The van der Waals surface area contributed by atoms with Crippen molar-refractivity contribution in [3.8, 4) is 0 Å². The van der Waals surface area contributed by atoms with Crippen molar-refractivity contribution < 1.29 is 0 Å². The average Bonchev–Trinajstić information content (AvgIpc) is 3.07. The molecule has 0 saturated heterocycles. The van der Waals surface area contributed by atoms with Crippen molar-refractivity contribution in [3.05, 3.63) is 58.9 Å². The second-order valence-electron chi connectivity index (χ2n) is 7.21. The van der Waals surface area contributed by atoms with Crippen molar-refractivity contribution in [3.63, 3.8) is 0 Å². The number of rotatable bonds is 5. The van der Waals surface area contributed by atoms with E-state index in [4.69, 9.17) is 11.6 Å². The van der Waals surface area contributed by atoms with E-state index in [-0.39, 0.29) is 11.5 Å². The number of nitrogens with zero attached hydrogens (tertiary/aromatic N) is 3. The van der Waals surface area contributed by atoms with Crippen LogP contribution in [0.3, 0.4) is 0 Å². The van der Waals surface area contributed by atoms with E-state index < -0.39 is 0 Å². The Labute approximate surface area is 158 Å². The number of hydrogen-bond acceptors (Lipinski definition) is 5. The van der Waals surface area contributed by atoms with Gasteiger partial charge in [0, 0.05) is 17.2 Å². The second kappa shape index (κ2) is 7.33. The normalized spacial score (nSPS) is 12.7. The van der Waals surface area contributed by atoms with Gasteiger partial charge in [0.1, 0.15) is 5.02 Å². The first-order valence-corrected chi connectivity index (χ1v) is 8.87. The number of halogens is 1. The van der Waals surface area contributed by atoms with Crippen molar-refractivity contribution in [1.29, 1.82) is 0 Å². The van der Waals surface area contributed by atoms with Crippen molar-refractivity contribution >= 4 is 29.2 Å². The third kappa shape index (κ3) is 4.32. The predicted molar refractivity (Wildman–Crippen MR) is 106 cm³/mol. The minimum Gasteiger partial charge on any atom is -0.348 e. The second-order valence-corrected chi connectivity index (χ2v) is 7.62. The monoisotopic (exact) mass is 370 g/mol. The predicted octanol–water partition coefficient (Wildman–Crippen LogP) is 5.07. The molecule has 7 heteroatoms. The van der Waals surface area contributed by atoms with Gasteiger partial charge >= 0.3 is 0 Å². The Morgan fingerprint density at radius 2 is 1.88 bits per heavy atom. The maximum absolute atomic E-state index is 6.24. The number of hydrogen-bond donors (Lipinski definition) is 3. The Morgan fingerprint density at radius 3 is 2.54 bits per heavy atom. The Hall–Kier alpha value is -2.60. The minimum absolute atomic E-state index is 0.0137. The third-order valence-electron chi connectivity index (χ3n) is 4.02. The summed E-state index contributed by atoms with van der Waals surface area (Å²) in [4.78, 5) is 8.75. The molecule has 136 valence electrons. The van der Waals surface area contributed by atoms with Gasteiger partial charge in [-0.15, -0.1) is 0 Å². The number of aromatic nitrogens is 4. The fraction of sp³-hybridized carbons (Fsp3) is 0.316. The van der Waals surface area contributed by atoms with Gasteiger partial charge in [-0.1, -0.05) is 62.7 Å². The molecule has 3 N–H and O–H groups in total. The molecule has 3 rings (SSSR count). The molecule has 0 fully saturated rings. The lowest BCUT2D eigenvalue weighted by Gasteiger charge is -2.15. The third-order valence-corrected chi connectivity index (χ3v) is 4.30. The van der Waals surface area contributed by atoms with Crippen LogP contribution < -0.4 is 10.6 Å². The van der Waals surface area contributed by atoms with Gasteiger partial charge in [0.05, 0.1) is 12.2 Å². The first-order valence-electron chi connectivity index (χ1n) is 8.50. The van der Waals surface area contributed by atoms with E-state index in [0.717, 1.165) is 11.3 Å². The van der Waals surface area contributed by atoms with Crippen LogP contribution in [0.4, 0.5) is 17.6 Å². The van der Waals surface area contributed by atoms with Crippen molar-refractivity contribution in [1.82, 2.24) is 20.2 Å². The Morgan fingerprint density at radius 1 is 1.15 bits per heavy atom. The molecule has 0 aliphatic carbocycles. The highest BCUT2D eigenvalue weighted by molar-refractivity contribution is 6.32. The van der Waals surface area contributed by atoms with Gasteiger partial charge in [-0.3, -0.25) is 5.10 Å². The molecule has 0 unspecified atom stereocenters. The van der Waals surface area contributed by atoms with E-state index in [1.165, 1.54) is 0 Å². The Balaban J connectivity index is 1.76. The molecule has 6 nitrogen and oxygen atoms in total. The van der Waals surface area contributed by atoms with Crippen LogP contribution in [0.15, 0.2) is 42.6 Å². The molecule has 3 aromatic rings. The quantitative estimate of drug-likeness (QED) is 0.584. The van der Waals surface area contributed by atoms with E-state index in [0.29, 0.717) is 22.6 Å². The molecule has 1 aromatic carbocycles. The van der Waals surface area contributed by atoms with Crippen molar-refractivity contribution in [2.75, 3.05) is 10.6 Å². The van der Waals surface area contributed by atoms with Crippen LogP contribution in [-0.2, 0) is 5.41 Å². The average molecular weight is 371 g/mol. The van der Waals surface area contributed by atoms with Crippen LogP contribution in [-0.4, -0.2) is 20.2 Å². The molecule has 0 aliphatic heterocycles. The standard InChI is InChI=1S/C19H23ClN6/c1-12(13-8-6-5-7-9-13)22-18-21-11-14(20)17(24-18)23-16-10-15(25-26-16)19(2,3)4/h5-12H,1-4H3,(H3,21,22,23,24,25,26)/t12-/m1/s1. The number of benzene rings is 1. The Kier molecular flexibility index (Phi) is 5.13. The number of aromatic amines is 1. The summed E-state index contributed by atoms with van der Waals surface area (Å²) in [6, 6.07) is 12.2. The van der Waals surface area contributed by atoms with Crippen molar-refractivity contribution in [2.24, 2.45) is 0 Å². The lowest BCUT2D eigenvalue weighted by atomic mass is 9.92. The molecule has 2 heterocycles. The maximum atomic E-state index is 6.24. The summed E-state index contributed by atoms with van der Waals surface area (Å²) >= 11 is 6.24.